The zero-order valence-electron chi connectivity index (χ0n) is 10.2. The number of nitrogens with two attached hydrogens (primary N) is 1. The Bertz CT molecular complexity index is 577. The van der Waals surface area contributed by atoms with E-state index in [-0.39, 0.29) is 5.91 Å². The molecule has 0 aliphatic heterocycles. The van der Waals surface area contributed by atoms with E-state index in [2.05, 4.69) is 10.4 Å². The number of amides is 1. The van der Waals surface area contributed by atoms with Gasteiger partial charge in [-0.3, -0.25) is 9.48 Å². The minimum absolute atomic E-state index is 0.189. The van der Waals surface area contributed by atoms with Crippen molar-refractivity contribution >= 4 is 11.6 Å². The third-order valence-electron chi connectivity index (χ3n) is 2.41. The number of carbonyl (C=O) groups excluding carboxylic acids is 1. The Morgan fingerprint density at radius 1 is 1.50 bits per heavy atom. The van der Waals surface area contributed by atoms with Gasteiger partial charge < -0.3 is 15.8 Å². The first kappa shape index (κ1) is 12.0. The van der Waals surface area contributed by atoms with E-state index in [9.17, 15) is 4.79 Å². The van der Waals surface area contributed by atoms with Crippen molar-refractivity contribution in [3.8, 4) is 11.5 Å². The summed E-state index contributed by atoms with van der Waals surface area (Å²) >= 11 is 0. The molecule has 0 unspecified atom stereocenters. The maximum absolute atomic E-state index is 11.5. The number of aromatic nitrogens is 2. The highest BCUT2D eigenvalue weighted by Crippen LogP contribution is 2.28. The summed E-state index contributed by atoms with van der Waals surface area (Å²) in [5, 5.41) is 6.53. The highest BCUT2D eigenvalue weighted by Gasteiger charge is 2.09. The van der Waals surface area contributed by atoms with Crippen LogP contribution in [0.15, 0.2) is 30.6 Å². The van der Waals surface area contributed by atoms with Gasteiger partial charge >= 0.3 is 0 Å². The zero-order valence-corrected chi connectivity index (χ0v) is 10.2. The van der Waals surface area contributed by atoms with Crippen LogP contribution in [0.4, 0.5) is 5.69 Å². The fourth-order valence-electron chi connectivity index (χ4n) is 1.49. The van der Waals surface area contributed by atoms with Crippen LogP contribution in [0.1, 0.15) is 10.4 Å². The van der Waals surface area contributed by atoms with E-state index >= 15 is 0 Å². The van der Waals surface area contributed by atoms with Crippen LogP contribution in [0.25, 0.3) is 0 Å². The molecule has 0 saturated heterocycles. The molecule has 0 spiro atoms. The van der Waals surface area contributed by atoms with Gasteiger partial charge in [0, 0.05) is 19.7 Å². The number of hydrogen-bond donors (Lipinski definition) is 2. The van der Waals surface area contributed by atoms with Gasteiger partial charge in [0.1, 0.15) is 0 Å². The average molecular weight is 246 g/mol. The number of hydrogen-bond acceptors (Lipinski definition) is 4. The number of nitrogens with one attached hydrogen (secondary N) is 1. The van der Waals surface area contributed by atoms with Crippen LogP contribution < -0.4 is 15.8 Å². The molecule has 0 saturated carbocycles. The average Bonchev–Trinajstić information content (AvgIpc) is 2.76. The molecule has 0 aliphatic rings. The van der Waals surface area contributed by atoms with Crippen LogP contribution in [0.2, 0.25) is 0 Å². The lowest BCUT2D eigenvalue weighted by molar-refractivity contribution is 0.0963. The number of rotatable bonds is 3. The minimum Gasteiger partial charge on any atom is -0.452 e. The Morgan fingerprint density at radius 3 is 2.89 bits per heavy atom. The molecule has 3 N–H and O–H groups in total. The van der Waals surface area contributed by atoms with Crippen LogP contribution in [0, 0.1) is 0 Å². The maximum atomic E-state index is 11.5. The van der Waals surface area contributed by atoms with Crippen LogP contribution in [0.3, 0.4) is 0 Å². The van der Waals surface area contributed by atoms with Crippen molar-refractivity contribution in [2.24, 2.45) is 7.05 Å². The molecule has 0 fully saturated rings. The van der Waals surface area contributed by atoms with E-state index in [1.165, 1.54) is 0 Å². The Morgan fingerprint density at radius 2 is 2.28 bits per heavy atom. The van der Waals surface area contributed by atoms with Gasteiger partial charge in [0.05, 0.1) is 18.1 Å². The molecule has 1 heterocycles. The fraction of sp³-hybridized carbons (Fsp3) is 0.167. The van der Waals surface area contributed by atoms with Gasteiger partial charge in [-0.25, -0.2) is 0 Å². The van der Waals surface area contributed by atoms with Gasteiger partial charge in [0.2, 0.25) is 0 Å². The van der Waals surface area contributed by atoms with Crippen molar-refractivity contribution in [1.29, 1.82) is 0 Å². The van der Waals surface area contributed by atoms with Crippen molar-refractivity contribution in [3.05, 3.63) is 36.2 Å². The summed E-state index contributed by atoms with van der Waals surface area (Å²) < 4.78 is 7.20. The van der Waals surface area contributed by atoms with Crippen molar-refractivity contribution in [3.63, 3.8) is 0 Å². The zero-order chi connectivity index (χ0) is 13.1. The van der Waals surface area contributed by atoms with Crippen molar-refractivity contribution < 1.29 is 9.53 Å². The highest BCUT2D eigenvalue weighted by molar-refractivity contribution is 5.95. The predicted octanol–water partition coefficient (Wildman–Crippen LogP) is 1.15. The summed E-state index contributed by atoms with van der Waals surface area (Å²) in [6.45, 7) is 0. The van der Waals surface area contributed by atoms with Crippen LogP contribution in [-0.4, -0.2) is 22.7 Å². The monoisotopic (exact) mass is 246 g/mol. The van der Waals surface area contributed by atoms with Gasteiger partial charge in [0.25, 0.3) is 5.91 Å². The number of nitrogen functional groups attached to an aromatic ring is 1. The van der Waals surface area contributed by atoms with Gasteiger partial charge in [-0.15, -0.1) is 0 Å². The highest BCUT2D eigenvalue weighted by atomic mass is 16.5. The summed E-state index contributed by atoms with van der Waals surface area (Å²) in [4.78, 5) is 11.5. The third-order valence-corrected chi connectivity index (χ3v) is 2.41. The Hall–Kier alpha value is -2.50. The molecule has 18 heavy (non-hydrogen) atoms. The number of carbonyl (C=O) groups is 1. The van der Waals surface area contributed by atoms with E-state index in [0.29, 0.717) is 22.7 Å². The lowest BCUT2D eigenvalue weighted by Gasteiger charge is -2.08. The largest absolute Gasteiger partial charge is 0.452 e. The first-order valence-electron chi connectivity index (χ1n) is 5.38. The molecule has 0 atom stereocenters. The summed E-state index contributed by atoms with van der Waals surface area (Å²) in [6.07, 6.45) is 3.29. The van der Waals surface area contributed by atoms with Gasteiger partial charge in [0.15, 0.2) is 11.5 Å². The molecular weight excluding hydrogens is 232 g/mol. The Kier molecular flexibility index (Phi) is 3.18. The number of benzene rings is 1. The molecule has 6 nitrogen and oxygen atoms in total. The molecule has 1 aromatic carbocycles. The smallest absolute Gasteiger partial charge is 0.251 e. The molecule has 0 aliphatic carbocycles. The van der Waals surface area contributed by atoms with Crippen molar-refractivity contribution in [2.45, 2.75) is 0 Å². The van der Waals surface area contributed by atoms with E-state index in [1.807, 2.05) is 0 Å². The Labute approximate surface area is 104 Å². The molecular formula is C12H14N4O2. The quantitative estimate of drug-likeness (QED) is 0.796. The molecule has 94 valence electrons. The molecule has 0 radical (unpaired) electrons. The van der Waals surface area contributed by atoms with Gasteiger partial charge in [-0.2, -0.15) is 5.10 Å². The SMILES string of the molecule is CNC(=O)c1ccc(N)c(Oc2cnn(C)c2)c1. The predicted molar refractivity (Wildman–Crippen MR) is 67.5 cm³/mol. The minimum atomic E-state index is -0.189. The van der Waals surface area contributed by atoms with Gasteiger partial charge in [-0.1, -0.05) is 0 Å². The second kappa shape index (κ2) is 4.79. The van der Waals surface area contributed by atoms with Crippen molar-refractivity contribution in [2.75, 3.05) is 12.8 Å². The topological polar surface area (TPSA) is 82.2 Å². The molecule has 0 bridgehead atoms. The van der Waals surface area contributed by atoms with Crippen LogP contribution >= 0.6 is 0 Å². The molecule has 1 amide bonds. The maximum Gasteiger partial charge on any atom is 0.251 e. The molecule has 2 aromatic rings. The first-order valence-corrected chi connectivity index (χ1v) is 5.38. The summed E-state index contributed by atoms with van der Waals surface area (Å²) in [6, 6.07) is 4.88. The van der Waals surface area contributed by atoms with Crippen LogP contribution in [-0.2, 0) is 7.05 Å². The first-order chi connectivity index (χ1) is 8.60. The van der Waals surface area contributed by atoms with E-state index < -0.39 is 0 Å². The summed E-state index contributed by atoms with van der Waals surface area (Å²) in [5.74, 6) is 0.813. The number of aryl methyl sites for hydroxylation is 1. The lowest BCUT2D eigenvalue weighted by atomic mass is 10.2. The molecule has 2 rings (SSSR count). The normalized spacial score (nSPS) is 10.1. The summed E-state index contributed by atoms with van der Waals surface area (Å²) in [5.41, 5.74) is 6.76. The number of ether oxygens (including phenoxy) is 1. The number of nitrogens with zero attached hydrogens (tertiary/aromatic N) is 2. The Balaban J connectivity index is 2.29. The van der Waals surface area contributed by atoms with Crippen LogP contribution in [0.5, 0.6) is 11.5 Å². The van der Waals surface area contributed by atoms with Crippen molar-refractivity contribution in [1.82, 2.24) is 15.1 Å². The van der Waals surface area contributed by atoms with E-state index in [4.69, 9.17) is 10.5 Å². The third kappa shape index (κ3) is 2.42. The second-order valence-corrected chi connectivity index (χ2v) is 3.78. The second-order valence-electron chi connectivity index (χ2n) is 3.78. The number of anilines is 1. The standard InChI is InChI=1S/C12H14N4O2/c1-14-12(17)8-3-4-10(13)11(5-8)18-9-6-15-16(2)7-9/h3-7H,13H2,1-2H3,(H,14,17). The van der Waals surface area contributed by atoms with Gasteiger partial charge in [-0.05, 0) is 18.2 Å². The summed E-state index contributed by atoms with van der Waals surface area (Å²) in [7, 11) is 3.36. The van der Waals surface area contributed by atoms with E-state index in [1.54, 1.807) is 49.4 Å². The van der Waals surface area contributed by atoms with E-state index in [0.717, 1.165) is 0 Å². The molecule has 6 heteroatoms. The lowest BCUT2D eigenvalue weighted by Crippen LogP contribution is -2.17. The fourth-order valence-corrected chi connectivity index (χ4v) is 1.49. The molecule has 1 aromatic heterocycles.